The fourth-order valence-electron chi connectivity index (χ4n) is 3.86. The molecule has 2 saturated heterocycles. The van der Waals surface area contributed by atoms with E-state index >= 15 is 0 Å². The molecule has 2 aliphatic rings. The Labute approximate surface area is 168 Å². The molecule has 2 aliphatic heterocycles. The maximum absolute atomic E-state index is 12.4. The lowest BCUT2D eigenvalue weighted by Crippen LogP contribution is -2.49. The van der Waals surface area contributed by atoms with Crippen molar-refractivity contribution in [1.82, 2.24) is 14.9 Å². The summed E-state index contributed by atoms with van der Waals surface area (Å²) < 4.78 is 5.21. The number of carboxylic acid groups (broad SMARTS) is 1. The Balaban J connectivity index is 1.41. The van der Waals surface area contributed by atoms with Crippen molar-refractivity contribution in [3.8, 4) is 0 Å². The van der Waals surface area contributed by atoms with Gasteiger partial charge in [-0.05, 0) is 31.9 Å². The Hall–Kier alpha value is -3.10. The van der Waals surface area contributed by atoms with Gasteiger partial charge in [0.15, 0.2) is 5.76 Å². The molecule has 0 aliphatic carbocycles. The molecule has 0 spiro atoms. The number of anilines is 2. The third kappa shape index (κ3) is 4.18. The third-order valence-electron chi connectivity index (χ3n) is 5.58. The fourth-order valence-corrected chi connectivity index (χ4v) is 3.86. The van der Waals surface area contributed by atoms with Crippen molar-refractivity contribution in [2.24, 2.45) is 5.92 Å². The number of carbonyl (C=O) groups is 2. The van der Waals surface area contributed by atoms with E-state index in [9.17, 15) is 14.7 Å². The molecule has 1 N–H and O–H groups in total. The lowest BCUT2D eigenvalue weighted by atomic mass is 9.97. The Morgan fingerprint density at radius 1 is 1.07 bits per heavy atom. The van der Waals surface area contributed by atoms with E-state index in [1.807, 2.05) is 13.0 Å². The average molecular weight is 399 g/mol. The number of piperidine rings is 1. The van der Waals surface area contributed by atoms with E-state index in [0.29, 0.717) is 63.8 Å². The minimum atomic E-state index is -0.717. The number of aromatic nitrogens is 2. The number of nitrogens with zero attached hydrogens (tertiary/aromatic N) is 5. The van der Waals surface area contributed by atoms with E-state index < -0.39 is 5.97 Å². The molecular weight excluding hydrogens is 374 g/mol. The number of amides is 1. The summed E-state index contributed by atoms with van der Waals surface area (Å²) in [5.41, 5.74) is 0.874. The highest BCUT2D eigenvalue weighted by molar-refractivity contribution is 5.91. The van der Waals surface area contributed by atoms with Crippen LogP contribution in [0.3, 0.4) is 0 Å². The van der Waals surface area contributed by atoms with Crippen LogP contribution in [0.4, 0.5) is 11.8 Å². The first kappa shape index (κ1) is 19.2. The first-order valence-electron chi connectivity index (χ1n) is 9.92. The summed E-state index contributed by atoms with van der Waals surface area (Å²) in [5.74, 6) is 0.773. The number of aliphatic carboxylic acids is 1. The van der Waals surface area contributed by atoms with Gasteiger partial charge in [0.05, 0.1) is 12.2 Å². The summed E-state index contributed by atoms with van der Waals surface area (Å²) in [4.78, 5) is 38.9. The van der Waals surface area contributed by atoms with Gasteiger partial charge in [-0.25, -0.2) is 4.98 Å². The number of hydrogen-bond donors (Lipinski definition) is 1. The van der Waals surface area contributed by atoms with Crippen LogP contribution in [0.1, 0.15) is 29.1 Å². The monoisotopic (exact) mass is 399 g/mol. The van der Waals surface area contributed by atoms with Gasteiger partial charge in [-0.2, -0.15) is 4.98 Å². The van der Waals surface area contributed by atoms with Crippen LogP contribution in [0.2, 0.25) is 0 Å². The van der Waals surface area contributed by atoms with Crippen LogP contribution in [0.5, 0.6) is 0 Å². The summed E-state index contributed by atoms with van der Waals surface area (Å²) >= 11 is 0. The minimum absolute atomic E-state index is 0.0956. The second kappa shape index (κ2) is 8.10. The van der Waals surface area contributed by atoms with Gasteiger partial charge < -0.3 is 24.2 Å². The zero-order valence-electron chi connectivity index (χ0n) is 16.5. The smallest absolute Gasteiger partial charge is 0.306 e. The van der Waals surface area contributed by atoms with Crippen molar-refractivity contribution in [3.63, 3.8) is 0 Å². The SMILES string of the molecule is Cc1cc(N2CCC(C(=O)O)CC2)nc(N2CCN(C(=O)c3ccco3)CC2)n1. The van der Waals surface area contributed by atoms with E-state index in [1.54, 1.807) is 17.0 Å². The van der Waals surface area contributed by atoms with Gasteiger partial charge in [-0.15, -0.1) is 0 Å². The maximum Gasteiger partial charge on any atom is 0.306 e. The molecule has 4 heterocycles. The van der Waals surface area contributed by atoms with E-state index in [1.165, 1.54) is 6.26 Å². The van der Waals surface area contributed by atoms with Gasteiger partial charge in [-0.1, -0.05) is 0 Å². The minimum Gasteiger partial charge on any atom is -0.481 e. The zero-order valence-corrected chi connectivity index (χ0v) is 16.5. The van der Waals surface area contributed by atoms with Crippen molar-refractivity contribution in [3.05, 3.63) is 35.9 Å². The van der Waals surface area contributed by atoms with Gasteiger partial charge in [0.1, 0.15) is 5.82 Å². The first-order valence-corrected chi connectivity index (χ1v) is 9.92. The topological polar surface area (TPSA) is 103 Å². The van der Waals surface area contributed by atoms with Crippen LogP contribution in [0.15, 0.2) is 28.9 Å². The molecule has 4 rings (SSSR count). The Morgan fingerprint density at radius 3 is 2.41 bits per heavy atom. The van der Waals surface area contributed by atoms with Gasteiger partial charge in [0.2, 0.25) is 5.95 Å². The lowest BCUT2D eigenvalue weighted by Gasteiger charge is -2.35. The molecule has 9 heteroatoms. The Bertz CT molecular complexity index is 869. The molecule has 0 radical (unpaired) electrons. The van der Waals surface area contributed by atoms with Crippen molar-refractivity contribution < 1.29 is 19.1 Å². The number of furan rings is 1. The van der Waals surface area contributed by atoms with Gasteiger partial charge in [-0.3, -0.25) is 9.59 Å². The number of aryl methyl sites for hydroxylation is 1. The summed E-state index contributed by atoms with van der Waals surface area (Å²) in [6, 6.07) is 5.34. The molecular formula is C20H25N5O4. The molecule has 0 atom stereocenters. The number of carboxylic acids is 1. The lowest BCUT2D eigenvalue weighted by molar-refractivity contribution is -0.142. The molecule has 0 saturated carbocycles. The van der Waals surface area contributed by atoms with Crippen LogP contribution in [0, 0.1) is 12.8 Å². The largest absolute Gasteiger partial charge is 0.481 e. The van der Waals surface area contributed by atoms with E-state index in [0.717, 1.165) is 11.5 Å². The van der Waals surface area contributed by atoms with Crippen LogP contribution < -0.4 is 9.80 Å². The van der Waals surface area contributed by atoms with Gasteiger partial charge >= 0.3 is 5.97 Å². The van der Waals surface area contributed by atoms with Gasteiger partial charge in [0.25, 0.3) is 5.91 Å². The summed E-state index contributed by atoms with van der Waals surface area (Å²) in [6.07, 6.45) is 2.76. The van der Waals surface area contributed by atoms with Crippen molar-refractivity contribution >= 4 is 23.6 Å². The summed E-state index contributed by atoms with van der Waals surface area (Å²) in [5, 5.41) is 9.19. The molecule has 1 amide bonds. The molecule has 2 aromatic heterocycles. The van der Waals surface area contributed by atoms with Crippen LogP contribution in [-0.4, -0.2) is 71.1 Å². The van der Waals surface area contributed by atoms with Gasteiger partial charge in [0, 0.05) is 51.0 Å². The quantitative estimate of drug-likeness (QED) is 0.828. The van der Waals surface area contributed by atoms with E-state index in [2.05, 4.69) is 14.8 Å². The van der Waals surface area contributed by atoms with Crippen LogP contribution >= 0.6 is 0 Å². The Morgan fingerprint density at radius 2 is 1.79 bits per heavy atom. The zero-order chi connectivity index (χ0) is 20.4. The highest BCUT2D eigenvalue weighted by atomic mass is 16.4. The Kier molecular flexibility index (Phi) is 5.37. The number of piperazine rings is 1. The fraction of sp³-hybridized carbons (Fsp3) is 0.500. The normalized spacial score (nSPS) is 18.2. The molecule has 2 aromatic rings. The highest BCUT2D eigenvalue weighted by Crippen LogP contribution is 2.24. The summed E-state index contributed by atoms with van der Waals surface area (Å²) in [6.45, 7) is 5.76. The van der Waals surface area contributed by atoms with E-state index in [4.69, 9.17) is 9.40 Å². The van der Waals surface area contributed by atoms with Crippen molar-refractivity contribution in [2.45, 2.75) is 19.8 Å². The predicted octanol–water partition coefficient (Wildman–Crippen LogP) is 1.64. The summed E-state index contributed by atoms with van der Waals surface area (Å²) in [7, 11) is 0. The molecule has 9 nitrogen and oxygen atoms in total. The molecule has 29 heavy (non-hydrogen) atoms. The van der Waals surface area contributed by atoms with Crippen molar-refractivity contribution in [2.75, 3.05) is 49.1 Å². The van der Waals surface area contributed by atoms with Crippen LogP contribution in [-0.2, 0) is 4.79 Å². The second-order valence-electron chi connectivity index (χ2n) is 7.52. The highest BCUT2D eigenvalue weighted by Gasteiger charge is 2.27. The van der Waals surface area contributed by atoms with Crippen molar-refractivity contribution in [1.29, 1.82) is 0 Å². The standard InChI is InChI=1S/C20H25N5O4/c1-14-13-17(23-6-4-15(5-7-23)19(27)28)22-20(21-14)25-10-8-24(9-11-25)18(26)16-3-2-12-29-16/h2-3,12-13,15H,4-11H2,1H3,(H,27,28). The first-order chi connectivity index (χ1) is 14.0. The molecule has 0 unspecified atom stereocenters. The molecule has 0 bridgehead atoms. The predicted molar refractivity (Wildman–Crippen MR) is 106 cm³/mol. The molecule has 0 aromatic carbocycles. The molecule has 154 valence electrons. The molecule has 2 fully saturated rings. The third-order valence-corrected chi connectivity index (χ3v) is 5.58. The number of carbonyl (C=O) groups excluding carboxylic acids is 1. The van der Waals surface area contributed by atoms with Crippen LogP contribution in [0.25, 0.3) is 0 Å². The number of hydrogen-bond acceptors (Lipinski definition) is 7. The van der Waals surface area contributed by atoms with E-state index in [-0.39, 0.29) is 11.8 Å². The average Bonchev–Trinajstić information content (AvgIpc) is 3.28. The maximum atomic E-state index is 12.4. The second-order valence-corrected chi connectivity index (χ2v) is 7.52. The number of rotatable bonds is 4.